The Kier molecular flexibility index (Phi) is 6.48. The fourth-order valence-electron chi connectivity index (χ4n) is 2.25. The fourth-order valence-corrected chi connectivity index (χ4v) is 2.25. The van der Waals surface area contributed by atoms with Crippen molar-refractivity contribution >= 4 is 11.9 Å². The smallest absolute Gasteiger partial charge is 0.242 e. The lowest BCUT2D eigenvalue weighted by Crippen LogP contribution is -2.39. The number of aryl methyl sites for hydroxylation is 1. The molecule has 0 spiro atoms. The number of carbonyl (C=O) groups excluding carboxylic acids is 1. The third-order valence-electron chi connectivity index (χ3n) is 3.56. The minimum atomic E-state index is -0.144. The first-order chi connectivity index (χ1) is 11.6. The molecule has 7 heteroatoms. The summed E-state index contributed by atoms with van der Waals surface area (Å²) in [5.41, 5.74) is 1.17. The maximum absolute atomic E-state index is 11.9. The average Bonchev–Trinajstić information content (AvgIpc) is 3.21. The minimum absolute atomic E-state index is 0.0700. The van der Waals surface area contributed by atoms with Crippen LogP contribution < -0.4 is 10.6 Å². The number of aliphatic imine (C=N–C) groups is 1. The number of guanidine groups is 1. The van der Waals surface area contributed by atoms with Crippen molar-refractivity contribution in [1.82, 2.24) is 20.1 Å². The van der Waals surface area contributed by atoms with Gasteiger partial charge in [-0.1, -0.05) is 0 Å². The van der Waals surface area contributed by atoms with Gasteiger partial charge < -0.3 is 24.5 Å². The molecule has 2 rings (SSSR count). The van der Waals surface area contributed by atoms with E-state index in [9.17, 15) is 4.79 Å². The highest BCUT2D eigenvalue weighted by molar-refractivity contribution is 5.84. The summed E-state index contributed by atoms with van der Waals surface area (Å²) < 4.78 is 7.25. The van der Waals surface area contributed by atoms with Crippen LogP contribution in [0.25, 0.3) is 0 Å². The predicted octanol–water partition coefficient (Wildman–Crippen LogP) is 1.33. The lowest BCUT2D eigenvalue weighted by molar-refractivity contribution is -0.119. The van der Waals surface area contributed by atoms with E-state index in [0.717, 1.165) is 12.3 Å². The Hall–Kier alpha value is -2.70. The summed E-state index contributed by atoms with van der Waals surface area (Å²) in [6.07, 6.45) is 3.59. The number of hydrogen-bond acceptors (Lipinski definition) is 3. The van der Waals surface area contributed by atoms with Crippen LogP contribution in [0.3, 0.4) is 0 Å². The molecule has 24 heavy (non-hydrogen) atoms. The Morgan fingerprint density at radius 1 is 1.33 bits per heavy atom. The Bertz CT molecular complexity index is 660. The van der Waals surface area contributed by atoms with E-state index in [0.29, 0.717) is 19.0 Å². The molecule has 0 fully saturated rings. The van der Waals surface area contributed by atoms with Gasteiger partial charge in [-0.05, 0) is 31.2 Å². The Morgan fingerprint density at radius 2 is 2.17 bits per heavy atom. The van der Waals surface area contributed by atoms with Gasteiger partial charge in [0.2, 0.25) is 5.91 Å². The maximum Gasteiger partial charge on any atom is 0.242 e. The summed E-state index contributed by atoms with van der Waals surface area (Å²) in [5, 5.41) is 5.99. The van der Waals surface area contributed by atoms with Crippen molar-refractivity contribution in [1.29, 1.82) is 0 Å². The summed E-state index contributed by atoms with van der Waals surface area (Å²) in [6, 6.07) is 7.69. The zero-order valence-electron chi connectivity index (χ0n) is 14.5. The molecule has 0 aliphatic heterocycles. The van der Waals surface area contributed by atoms with Crippen LogP contribution in [0.5, 0.6) is 0 Å². The van der Waals surface area contributed by atoms with Crippen molar-refractivity contribution in [3.63, 3.8) is 0 Å². The lowest BCUT2D eigenvalue weighted by atomic mass is 10.4. The van der Waals surface area contributed by atoms with E-state index in [1.54, 1.807) is 12.3 Å². The third kappa shape index (κ3) is 5.19. The Labute approximate surface area is 142 Å². The summed E-state index contributed by atoms with van der Waals surface area (Å²) in [5.74, 6) is 1.28. The summed E-state index contributed by atoms with van der Waals surface area (Å²) in [6.45, 7) is 3.90. The Morgan fingerprint density at radius 3 is 2.79 bits per heavy atom. The number of hydrogen-bond donors (Lipinski definition) is 2. The second-order valence-electron chi connectivity index (χ2n) is 5.49. The lowest BCUT2D eigenvalue weighted by Gasteiger charge is -2.22. The van der Waals surface area contributed by atoms with Crippen LogP contribution in [0.1, 0.15) is 18.4 Å². The van der Waals surface area contributed by atoms with Gasteiger partial charge in [-0.15, -0.1) is 0 Å². The largest absolute Gasteiger partial charge is 0.467 e. The molecule has 0 saturated heterocycles. The van der Waals surface area contributed by atoms with Crippen LogP contribution >= 0.6 is 0 Å². The zero-order valence-corrected chi connectivity index (χ0v) is 14.5. The number of furan rings is 1. The van der Waals surface area contributed by atoms with Crippen LogP contribution in [0, 0.1) is 0 Å². The summed E-state index contributed by atoms with van der Waals surface area (Å²) in [4.78, 5) is 18.3. The molecular formula is C17H25N5O2. The van der Waals surface area contributed by atoms with E-state index in [4.69, 9.17) is 4.42 Å². The van der Waals surface area contributed by atoms with Crippen LogP contribution in [0.4, 0.5) is 0 Å². The van der Waals surface area contributed by atoms with Crippen molar-refractivity contribution in [2.45, 2.75) is 20.0 Å². The monoisotopic (exact) mass is 331 g/mol. The van der Waals surface area contributed by atoms with Gasteiger partial charge in [0.1, 0.15) is 12.3 Å². The number of nitrogens with one attached hydrogen (secondary N) is 2. The van der Waals surface area contributed by atoms with E-state index in [-0.39, 0.29) is 12.5 Å². The van der Waals surface area contributed by atoms with E-state index in [1.165, 1.54) is 5.69 Å². The normalized spacial score (nSPS) is 11.4. The van der Waals surface area contributed by atoms with Crippen molar-refractivity contribution in [3.8, 4) is 0 Å². The van der Waals surface area contributed by atoms with Gasteiger partial charge in [0.25, 0.3) is 0 Å². The quantitative estimate of drug-likeness (QED) is 0.593. The highest BCUT2D eigenvalue weighted by Crippen LogP contribution is 2.04. The molecule has 0 unspecified atom stereocenters. The third-order valence-corrected chi connectivity index (χ3v) is 3.56. The van der Waals surface area contributed by atoms with E-state index in [2.05, 4.69) is 26.3 Å². The molecule has 0 aliphatic rings. The molecule has 0 aromatic carbocycles. The molecule has 1 amide bonds. The molecule has 0 atom stereocenters. The minimum Gasteiger partial charge on any atom is -0.467 e. The first kappa shape index (κ1) is 17.7. The standard InChI is InChI=1S/C17H25N5O2/c1-4-18-17(22(3)13-14-7-5-9-21(14)2)20-12-16(23)19-11-15-8-6-10-24-15/h5-10H,4,11-13H2,1-3H3,(H,18,20)(H,19,23). The van der Waals surface area contributed by atoms with Gasteiger partial charge in [-0.25, -0.2) is 4.99 Å². The number of rotatable bonds is 7. The van der Waals surface area contributed by atoms with E-state index in [1.807, 2.05) is 44.2 Å². The number of carbonyl (C=O) groups is 1. The number of nitrogens with zero attached hydrogens (tertiary/aromatic N) is 3. The highest BCUT2D eigenvalue weighted by Gasteiger charge is 2.09. The maximum atomic E-state index is 11.9. The fraction of sp³-hybridized carbons (Fsp3) is 0.412. The number of amides is 1. The summed E-state index contributed by atoms with van der Waals surface area (Å²) in [7, 11) is 3.96. The first-order valence-electron chi connectivity index (χ1n) is 7.99. The van der Waals surface area contributed by atoms with E-state index < -0.39 is 0 Å². The SMILES string of the molecule is CCNC(=NCC(=O)NCc1ccco1)N(C)Cc1cccn1C. The average molecular weight is 331 g/mol. The summed E-state index contributed by atoms with van der Waals surface area (Å²) >= 11 is 0. The van der Waals surface area contributed by atoms with Crippen LogP contribution in [-0.2, 0) is 24.9 Å². The van der Waals surface area contributed by atoms with Gasteiger partial charge in [-0.2, -0.15) is 0 Å². The van der Waals surface area contributed by atoms with Gasteiger partial charge in [0.15, 0.2) is 5.96 Å². The molecule has 2 heterocycles. The second-order valence-corrected chi connectivity index (χ2v) is 5.49. The van der Waals surface area contributed by atoms with Crippen molar-refractivity contribution in [2.24, 2.45) is 12.0 Å². The molecule has 0 radical (unpaired) electrons. The van der Waals surface area contributed by atoms with Crippen molar-refractivity contribution < 1.29 is 9.21 Å². The van der Waals surface area contributed by atoms with Gasteiger partial charge in [0, 0.05) is 32.5 Å². The van der Waals surface area contributed by atoms with Crippen LogP contribution in [-0.4, -0.2) is 41.5 Å². The molecular weight excluding hydrogens is 306 g/mol. The van der Waals surface area contributed by atoms with Crippen molar-refractivity contribution in [3.05, 3.63) is 48.2 Å². The topological polar surface area (TPSA) is 74.8 Å². The molecule has 0 bridgehead atoms. The zero-order chi connectivity index (χ0) is 17.4. The molecule has 2 aromatic heterocycles. The molecule has 2 N–H and O–H groups in total. The molecule has 0 aliphatic carbocycles. The van der Waals surface area contributed by atoms with Crippen LogP contribution in [0.2, 0.25) is 0 Å². The van der Waals surface area contributed by atoms with Gasteiger partial charge in [0.05, 0.1) is 19.4 Å². The predicted molar refractivity (Wildman–Crippen MR) is 93.4 cm³/mol. The van der Waals surface area contributed by atoms with Crippen molar-refractivity contribution in [2.75, 3.05) is 20.1 Å². The molecule has 130 valence electrons. The molecule has 0 saturated carbocycles. The Balaban J connectivity index is 1.89. The van der Waals surface area contributed by atoms with Gasteiger partial charge in [-0.3, -0.25) is 4.79 Å². The van der Waals surface area contributed by atoms with E-state index >= 15 is 0 Å². The molecule has 7 nitrogen and oxygen atoms in total. The first-order valence-corrected chi connectivity index (χ1v) is 7.99. The van der Waals surface area contributed by atoms with Crippen LogP contribution in [0.15, 0.2) is 46.1 Å². The second kappa shape index (κ2) is 8.81. The number of aromatic nitrogens is 1. The molecule has 2 aromatic rings. The highest BCUT2D eigenvalue weighted by atomic mass is 16.3. The van der Waals surface area contributed by atoms with Gasteiger partial charge >= 0.3 is 0 Å².